The maximum absolute atomic E-state index is 12.5. The molecule has 1 heterocycles. The lowest BCUT2D eigenvalue weighted by Crippen LogP contribution is -2.44. The van der Waals surface area contributed by atoms with Crippen molar-refractivity contribution in [3.05, 3.63) is 28.2 Å². The van der Waals surface area contributed by atoms with Gasteiger partial charge in [-0.1, -0.05) is 28.8 Å². The molecule has 3 rings (SSSR count). The van der Waals surface area contributed by atoms with E-state index in [1.807, 2.05) is 19.1 Å². The first-order chi connectivity index (χ1) is 13.8. The Morgan fingerprint density at radius 3 is 2.62 bits per heavy atom. The standard InChI is InChI=1S/C20H25BrN4O4/c1-13-11-14(21)6-7-15(13)23-17(27)12-22-16(26)5-4-10-25-18(28)20(24-19(25)29)8-2-3-9-20/h6-7,11H,2-5,8-10,12H2,1H3,(H,22,26)(H,23,27)(H,24,29). The molecule has 1 aromatic carbocycles. The van der Waals surface area contributed by atoms with Crippen LogP contribution in [0.2, 0.25) is 0 Å². The van der Waals surface area contributed by atoms with E-state index in [-0.39, 0.29) is 43.3 Å². The van der Waals surface area contributed by atoms with Crippen LogP contribution in [-0.4, -0.2) is 47.3 Å². The summed E-state index contributed by atoms with van der Waals surface area (Å²) in [4.78, 5) is 49.9. The van der Waals surface area contributed by atoms with Crippen molar-refractivity contribution in [1.29, 1.82) is 0 Å². The van der Waals surface area contributed by atoms with Crippen molar-refractivity contribution in [1.82, 2.24) is 15.5 Å². The molecule has 1 aliphatic carbocycles. The second-order valence-electron chi connectivity index (χ2n) is 7.56. The second-order valence-corrected chi connectivity index (χ2v) is 8.48. The fourth-order valence-electron chi connectivity index (χ4n) is 3.82. The normalized spacial score (nSPS) is 17.5. The lowest BCUT2D eigenvalue weighted by atomic mass is 9.98. The topological polar surface area (TPSA) is 108 Å². The van der Waals surface area contributed by atoms with Crippen LogP contribution < -0.4 is 16.0 Å². The summed E-state index contributed by atoms with van der Waals surface area (Å²) in [7, 11) is 0. The van der Waals surface area contributed by atoms with E-state index in [4.69, 9.17) is 0 Å². The molecule has 0 aromatic heterocycles. The number of nitrogens with one attached hydrogen (secondary N) is 3. The predicted molar refractivity (Wildman–Crippen MR) is 111 cm³/mol. The predicted octanol–water partition coefficient (Wildman–Crippen LogP) is 2.46. The summed E-state index contributed by atoms with van der Waals surface area (Å²) in [5.74, 6) is -0.791. The van der Waals surface area contributed by atoms with E-state index in [1.54, 1.807) is 6.07 Å². The molecule has 9 heteroatoms. The Balaban J connectivity index is 1.38. The van der Waals surface area contributed by atoms with Crippen LogP contribution in [0.3, 0.4) is 0 Å². The van der Waals surface area contributed by atoms with Crippen molar-refractivity contribution in [2.75, 3.05) is 18.4 Å². The van der Waals surface area contributed by atoms with Crippen molar-refractivity contribution in [2.24, 2.45) is 0 Å². The first kappa shape index (κ1) is 21.3. The zero-order valence-corrected chi connectivity index (χ0v) is 17.9. The number of amides is 5. The number of anilines is 1. The molecule has 1 aliphatic heterocycles. The van der Waals surface area contributed by atoms with E-state index in [0.29, 0.717) is 24.9 Å². The van der Waals surface area contributed by atoms with Crippen LogP contribution in [0, 0.1) is 6.92 Å². The van der Waals surface area contributed by atoms with Crippen molar-refractivity contribution in [2.45, 2.75) is 51.0 Å². The van der Waals surface area contributed by atoms with Crippen LogP contribution in [0.5, 0.6) is 0 Å². The summed E-state index contributed by atoms with van der Waals surface area (Å²) in [5, 5.41) is 8.14. The van der Waals surface area contributed by atoms with Gasteiger partial charge in [-0.05, 0) is 49.9 Å². The van der Waals surface area contributed by atoms with E-state index < -0.39 is 5.54 Å². The fraction of sp³-hybridized carbons (Fsp3) is 0.500. The highest BCUT2D eigenvalue weighted by Gasteiger charge is 2.51. The van der Waals surface area contributed by atoms with Gasteiger partial charge in [0.05, 0.1) is 6.54 Å². The van der Waals surface area contributed by atoms with Crippen LogP contribution in [0.15, 0.2) is 22.7 Å². The molecule has 2 aliphatic rings. The number of rotatable bonds is 7. The van der Waals surface area contributed by atoms with Crippen LogP contribution in [0.1, 0.15) is 44.1 Å². The number of imide groups is 1. The molecule has 0 unspecified atom stereocenters. The Labute approximate surface area is 177 Å². The van der Waals surface area contributed by atoms with Gasteiger partial charge in [0, 0.05) is 23.1 Å². The van der Waals surface area contributed by atoms with E-state index in [2.05, 4.69) is 31.9 Å². The van der Waals surface area contributed by atoms with Gasteiger partial charge in [-0.15, -0.1) is 0 Å². The van der Waals surface area contributed by atoms with Gasteiger partial charge in [0.15, 0.2) is 0 Å². The molecule has 5 amide bonds. The molecule has 8 nitrogen and oxygen atoms in total. The lowest BCUT2D eigenvalue weighted by Gasteiger charge is -2.19. The van der Waals surface area contributed by atoms with Gasteiger partial charge < -0.3 is 16.0 Å². The molecule has 2 fully saturated rings. The Bertz CT molecular complexity index is 836. The summed E-state index contributed by atoms with van der Waals surface area (Å²) in [6.45, 7) is 1.94. The lowest BCUT2D eigenvalue weighted by molar-refractivity contribution is -0.131. The summed E-state index contributed by atoms with van der Waals surface area (Å²) in [6, 6.07) is 5.13. The molecule has 1 spiro atoms. The number of carbonyl (C=O) groups excluding carboxylic acids is 4. The molecular formula is C20H25BrN4O4. The third-order valence-electron chi connectivity index (χ3n) is 5.40. The van der Waals surface area contributed by atoms with Crippen molar-refractivity contribution < 1.29 is 19.2 Å². The number of hydrogen-bond donors (Lipinski definition) is 3. The summed E-state index contributed by atoms with van der Waals surface area (Å²) < 4.78 is 0.922. The third kappa shape index (κ3) is 4.95. The maximum Gasteiger partial charge on any atom is 0.325 e. The Morgan fingerprint density at radius 2 is 1.93 bits per heavy atom. The molecular weight excluding hydrogens is 440 g/mol. The van der Waals surface area contributed by atoms with Crippen LogP contribution in [0.4, 0.5) is 10.5 Å². The van der Waals surface area contributed by atoms with Gasteiger partial charge in [0.2, 0.25) is 11.8 Å². The van der Waals surface area contributed by atoms with Crippen molar-refractivity contribution in [3.8, 4) is 0 Å². The van der Waals surface area contributed by atoms with Crippen LogP contribution in [-0.2, 0) is 14.4 Å². The number of halogens is 1. The van der Waals surface area contributed by atoms with E-state index in [1.165, 1.54) is 4.90 Å². The smallest absolute Gasteiger partial charge is 0.325 e. The SMILES string of the molecule is Cc1cc(Br)ccc1NC(=O)CNC(=O)CCCN1C(=O)NC2(CCCC2)C1=O. The Morgan fingerprint density at radius 1 is 1.21 bits per heavy atom. The molecule has 156 valence electrons. The minimum absolute atomic E-state index is 0.134. The van der Waals surface area contributed by atoms with Crippen LogP contribution >= 0.6 is 15.9 Å². The zero-order chi connectivity index (χ0) is 21.0. The molecule has 3 N–H and O–H groups in total. The van der Waals surface area contributed by atoms with E-state index in [9.17, 15) is 19.2 Å². The average Bonchev–Trinajstić information content (AvgIpc) is 3.23. The van der Waals surface area contributed by atoms with Gasteiger partial charge >= 0.3 is 6.03 Å². The van der Waals surface area contributed by atoms with Gasteiger partial charge in [-0.3, -0.25) is 19.3 Å². The molecule has 1 aromatic rings. The number of hydrogen-bond acceptors (Lipinski definition) is 4. The first-order valence-electron chi connectivity index (χ1n) is 9.77. The Kier molecular flexibility index (Phi) is 6.56. The number of nitrogens with zero attached hydrogens (tertiary/aromatic N) is 1. The fourth-order valence-corrected chi connectivity index (χ4v) is 4.30. The summed E-state index contributed by atoms with van der Waals surface area (Å²) in [5.41, 5.74) is 0.877. The molecule has 1 saturated carbocycles. The highest BCUT2D eigenvalue weighted by molar-refractivity contribution is 9.10. The molecule has 1 saturated heterocycles. The van der Waals surface area contributed by atoms with Crippen LogP contribution in [0.25, 0.3) is 0 Å². The van der Waals surface area contributed by atoms with Crippen molar-refractivity contribution in [3.63, 3.8) is 0 Å². The number of carbonyl (C=O) groups is 4. The van der Waals surface area contributed by atoms with E-state index in [0.717, 1.165) is 22.9 Å². The zero-order valence-electron chi connectivity index (χ0n) is 16.3. The third-order valence-corrected chi connectivity index (χ3v) is 5.89. The number of urea groups is 1. The average molecular weight is 465 g/mol. The maximum atomic E-state index is 12.5. The molecule has 0 atom stereocenters. The monoisotopic (exact) mass is 464 g/mol. The highest BCUT2D eigenvalue weighted by Crippen LogP contribution is 2.35. The molecule has 0 radical (unpaired) electrons. The first-order valence-corrected chi connectivity index (χ1v) is 10.6. The van der Waals surface area contributed by atoms with E-state index >= 15 is 0 Å². The molecule has 29 heavy (non-hydrogen) atoms. The summed E-state index contributed by atoms with van der Waals surface area (Å²) in [6.07, 6.45) is 3.72. The largest absolute Gasteiger partial charge is 0.347 e. The number of benzene rings is 1. The van der Waals surface area contributed by atoms with Crippen molar-refractivity contribution >= 4 is 45.4 Å². The summed E-state index contributed by atoms with van der Waals surface area (Å²) >= 11 is 3.37. The second kappa shape index (κ2) is 8.94. The Hall–Kier alpha value is -2.42. The van der Waals surface area contributed by atoms with Gasteiger partial charge in [0.25, 0.3) is 5.91 Å². The minimum Gasteiger partial charge on any atom is -0.347 e. The highest BCUT2D eigenvalue weighted by atomic mass is 79.9. The minimum atomic E-state index is -0.720. The van der Waals surface area contributed by atoms with Gasteiger partial charge in [-0.2, -0.15) is 0 Å². The number of aryl methyl sites for hydroxylation is 1. The quantitative estimate of drug-likeness (QED) is 0.538. The van der Waals surface area contributed by atoms with Gasteiger partial charge in [0.1, 0.15) is 5.54 Å². The van der Waals surface area contributed by atoms with Gasteiger partial charge in [-0.25, -0.2) is 4.79 Å². The molecule has 0 bridgehead atoms.